The number of rotatable bonds is 5. The van der Waals surface area contributed by atoms with E-state index in [1.54, 1.807) is 0 Å². The molecule has 0 amide bonds. The molecule has 0 aromatic rings. The van der Waals surface area contributed by atoms with E-state index >= 15 is 0 Å². The molecule has 1 aliphatic carbocycles. The van der Waals surface area contributed by atoms with Crippen LogP contribution >= 0.6 is 0 Å². The zero-order chi connectivity index (χ0) is 15.6. The van der Waals surface area contributed by atoms with Crippen molar-refractivity contribution < 1.29 is 22.1 Å². The average molecular weight is 306 g/mol. The Hall–Kier alpha value is -0.620. The first kappa shape index (κ1) is 17.4. The van der Waals surface area contributed by atoms with Gasteiger partial charge in [0.25, 0.3) is 10.1 Å². The topological polar surface area (TPSA) is 69.7 Å². The normalized spacial score (nSPS) is 29.9. The maximum Gasteiger partial charge on any atom is 0.303 e. The van der Waals surface area contributed by atoms with Crippen LogP contribution in [0.15, 0.2) is 0 Å². The van der Waals surface area contributed by atoms with Crippen LogP contribution in [0.4, 0.5) is 0 Å². The number of ether oxygens (including phenoxy) is 1. The van der Waals surface area contributed by atoms with Gasteiger partial charge in [0.2, 0.25) is 0 Å². The van der Waals surface area contributed by atoms with Crippen LogP contribution in [0.2, 0.25) is 0 Å². The van der Waals surface area contributed by atoms with Gasteiger partial charge in [-0.15, -0.1) is 0 Å². The molecule has 6 heteroatoms. The first-order chi connectivity index (χ1) is 8.96. The maximum atomic E-state index is 11.4. The first-order valence-corrected chi connectivity index (χ1v) is 8.82. The Morgan fingerprint density at radius 1 is 1.25 bits per heavy atom. The molecule has 0 aromatic heterocycles. The Morgan fingerprint density at radius 2 is 1.85 bits per heavy atom. The molecule has 2 atom stereocenters. The van der Waals surface area contributed by atoms with Crippen molar-refractivity contribution in [1.82, 2.24) is 0 Å². The van der Waals surface area contributed by atoms with Crippen molar-refractivity contribution in [2.75, 3.05) is 12.9 Å². The fourth-order valence-electron chi connectivity index (χ4n) is 3.53. The average Bonchev–Trinajstić information content (AvgIpc) is 2.19. The molecule has 20 heavy (non-hydrogen) atoms. The van der Waals surface area contributed by atoms with Crippen LogP contribution in [-0.2, 0) is 23.8 Å². The van der Waals surface area contributed by atoms with E-state index in [9.17, 15) is 13.2 Å². The van der Waals surface area contributed by atoms with Crippen molar-refractivity contribution in [2.24, 2.45) is 11.3 Å². The van der Waals surface area contributed by atoms with E-state index in [0.29, 0.717) is 6.42 Å². The SMILES string of the molecule is CC(=O)O[C@]1(C)CCCC(C)(C)[C@H]1CCOS(C)(=O)=O. The molecule has 0 N–H and O–H groups in total. The molecule has 118 valence electrons. The van der Waals surface area contributed by atoms with E-state index < -0.39 is 15.7 Å². The minimum absolute atomic E-state index is 0.0106. The van der Waals surface area contributed by atoms with Crippen LogP contribution in [0, 0.1) is 11.3 Å². The second-order valence-electron chi connectivity index (χ2n) is 6.62. The van der Waals surface area contributed by atoms with Crippen molar-refractivity contribution in [3.63, 3.8) is 0 Å². The lowest BCUT2D eigenvalue weighted by Gasteiger charge is -2.50. The number of carbonyl (C=O) groups excluding carboxylic acids is 1. The summed E-state index contributed by atoms with van der Waals surface area (Å²) in [6, 6.07) is 0. The molecule has 1 saturated carbocycles. The fourth-order valence-corrected chi connectivity index (χ4v) is 3.93. The molecule has 0 heterocycles. The second kappa shape index (κ2) is 6.02. The van der Waals surface area contributed by atoms with Gasteiger partial charge in [0.15, 0.2) is 0 Å². The fraction of sp³-hybridized carbons (Fsp3) is 0.929. The zero-order valence-corrected chi connectivity index (χ0v) is 13.9. The van der Waals surface area contributed by atoms with Crippen molar-refractivity contribution in [1.29, 1.82) is 0 Å². The summed E-state index contributed by atoms with van der Waals surface area (Å²) in [4.78, 5) is 11.4. The smallest absolute Gasteiger partial charge is 0.303 e. The minimum Gasteiger partial charge on any atom is -0.459 e. The van der Waals surface area contributed by atoms with Crippen LogP contribution in [0.1, 0.15) is 53.4 Å². The van der Waals surface area contributed by atoms with Crippen molar-refractivity contribution in [2.45, 2.75) is 59.0 Å². The number of carbonyl (C=O) groups is 1. The van der Waals surface area contributed by atoms with Crippen molar-refractivity contribution in [3.05, 3.63) is 0 Å². The van der Waals surface area contributed by atoms with Crippen molar-refractivity contribution in [3.8, 4) is 0 Å². The third-order valence-electron chi connectivity index (χ3n) is 4.26. The summed E-state index contributed by atoms with van der Waals surface area (Å²) in [5.74, 6) is -0.214. The summed E-state index contributed by atoms with van der Waals surface area (Å²) in [5, 5.41) is 0. The lowest BCUT2D eigenvalue weighted by atomic mass is 9.60. The van der Waals surface area contributed by atoms with Crippen LogP contribution in [0.3, 0.4) is 0 Å². The molecule has 1 fully saturated rings. The molecule has 0 spiro atoms. The molecule has 0 unspecified atom stereocenters. The summed E-state index contributed by atoms with van der Waals surface area (Å²) < 4.78 is 32.6. The second-order valence-corrected chi connectivity index (χ2v) is 8.26. The van der Waals surface area contributed by atoms with E-state index in [0.717, 1.165) is 25.5 Å². The van der Waals surface area contributed by atoms with E-state index in [-0.39, 0.29) is 23.9 Å². The Labute approximate surface area is 122 Å². The molecule has 1 aliphatic rings. The lowest BCUT2D eigenvalue weighted by molar-refractivity contribution is -0.175. The minimum atomic E-state index is -3.43. The van der Waals surface area contributed by atoms with Gasteiger partial charge >= 0.3 is 5.97 Å². The summed E-state index contributed by atoms with van der Waals surface area (Å²) in [6.45, 7) is 7.76. The standard InChI is InChI=1S/C14H26O5S/c1-11(15)19-14(4)9-6-8-13(2,3)12(14)7-10-18-20(5,16)17/h12H,6-10H2,1-5H3/t12-,14-/m1/s1. The Balaban J connectivity index is 2.84. The van der Waals surface area contributed by atoms with Gasteiger partial charge in [-0.25, -0.2) is 0 Å². The molecule has 0 saturated heterocycles. The molecular formula is C14H26O5S. The highest BCUT2D eigenvalue weighted by Gasteiger charge is 2.48. The first-order valence-electron chi connectivity index (χ1n) is 7.00. The highest BCUT2D eigenvalue weighted by atomic mass is 32.2. The lowest BCUT2D eigenvalue weighted by Crippen LogP contribution is -2.50. The zero-order valence-electron chi connectivity index (χ0n) is 13.1. The molecule has 0 aliphatic heterocycles. The number of hydrogen-bond donors (Lipinski definition) is 0. The Bertz CT molecular complexity index is 454. The summed E-state index contributed by atoms with van der Waals surface area (Å²) in [7, 11) is -3.43. The molecule has 0 radical (unpaired) electrons. The van der Waals surface area contributed by atoms with Crippen molar-refractivity contribution >= 4 is 16.1 Å². The van der Waals surface area contributed by atoms with Crippen LogP contribution in [0.5, 0.6) is 0 Å². The third kappa shape index (κ3) is 4.74. The summed E-state index contributed by atoms with van der Waals surface area (Å²) >= 11 is 0. The van der Waals surface area contributed by atoms with Gasteiger partial charge in [0.1, 0.15) is 5.60 Å². The number of hydrogen-bond acceptors (Lipinski definition) is 5. The van der Waals surface area contributed by atoms with E-state index in [4.69, 9.17) is 8.92 Å². The molecule has 0 aromatic carbocycles. The molecular weight excluding hydrogens is 280 g/mol. The third-order valence-corrected chi connectivity index (χ3v) is 4.85. The van der Waals surface area contributed by atoms with Gasteiger partial charge in [0, 0.05) is 12.8 Å². The van der Waals surface area contributed by atoms with Gasteiger partial charge in [0.05, 0.1) is 12.9 Å². The number of esters is 1. The van der Waals surface area contributed by atoms with Gasteiger partial charge in [-0.2, -0.15) is 8.42 Å². The van der Waals surface area contributed by atoms with E-state index in [1.165, 1.54) is 6.92 Å². The van der Waals surface area contributed by atoms with E-state index in [2.05, 4.69) is 13.8 Å². The van der Waals surface area contributed by atoms with Gasteiger partial charge in [-0.3, -0.25) is 8.98 Å². The van der Waals surface area contributed by atoms with Gasteiger partial charge in [-0.1, -0.05) is 13.8 Å². The predicted octanol–water partition coefficient (Wildman–Crippen LogP) is 2.50. The molecule has 5 nitrogen and oxygen atoms in total. The summed E-state index contributed by atoms with van der Waals surface area (Å²) in [6.07, 6.45) is 4.45. The van der Waals surface area contributed by atoms with Gasteiger partial charge < -0.3 is 4.74 Å². The Kier molecular flexibility index (Phi) is 5.24. The maximum absolute atomic E-state index is 11.4. The summed E-state index contributed by atoms with van der Waals surface area (Å²) in [5.41, 5.74) is -0.558. The largest absolute Gasteiger partial charge is 0.459 e. The highest BCUT2D eigenvalue weighted by molar-refractivity contribution is 7.85. The molecule has 0 bridgehead atoms. The van der Waals surface area contributed by atoms with Gasteiger partial charge in [-0.05, 0) is 38.0 Å². The molecule has 1 rings (SSSR count). The van der Waals surface area contributed by atoms with Crippen LogP contribution in [-0.4, -0.2) is 32.9 Å². The highest BCUT2D eigenvalue weighted by Crippen LogP contribution is 2.49. The quantitative estimate of drug-likeness (QED) is 0.576. The van der Waals surface area contributed by atoms with E-state index in [1.807, 2.05) is 6.92 Å². The Morgan fingerprint density at radius 3 is 2.35 bits per heavy atom. The van der Waals surface area contributed by atoms with Crippen LogP contribution < -0.4 is 0 Å². The monoisotopic (exact) mass is 306 g/mol. The predicted molar refractivity (Wildman–Crippen MR) is 76.7 cm³/mol. The van der Waals surface area contributed by atoms with Crippen LogP contribution in [0.25, 0.3) is 0 Å².